The van der Waals surface area contributed by atoms with E-state index in [0.29, 0.717) is 0 Å². The van der Waals surface area contributed by atoms with Crippen molar-refractivity contribution in [2.75, 3.05) is 5.32 Å². The topological polar surface area (TPSA) is 82.7 Å². The summed E-state index contributed by atoms with van der Waals surface area (Å²) in [6.07, 6.45) is 1.80. The third-order valence-electron chi connectivity index (χ3n) is 5.29. The van der Waals surface area contributed by atoms with E-state index in [-0.39, 0.29) is 17.5 Å². The maximum absolute atomic E-state index is 12.4. The number of urea groups is 1. The van der Waals surface area contributed by atoms with Gasteiger partial charge in [0, 0.05) is 22.2 Å². The molecule has 2 amide bonds. The van der Waals surface area contributed by atoms with Gasteiger partial charge in [-0.2, -0.15) is 5.10 Å². The summed E-state index contributed by atoms with van der Waals surface area (Å²) in [7, 11) is 0. The highest BCUT2D eigenvalue weighted by atomic mass is 16.2. The molecule has 6 heteroatoms. The second-order valence-electron chi connectivity index (χ2n) is 8.75. The van der Waals surface area contributed by atoms with Crippen molar-refractivity contribution in [3.63, 3.8) is 0 Å². The number of aromatic nitrogens is 3. The van der Waals surface area contributed by atoms with Gasteiger partial charge in [0.1, 0.15) is 0 Å². The van der Waals surface area contributed by atoms with E-state index in [1.54, 1.807) is 6.20 Å². The van der Waals surface area contributed by atoms with Crippen LogP contribution in [0.2, 0.25) is 0 Å². The van der Waals surface area contributed by atoms with Crippen LogP contribution in [-0.2, 0) is 5.41 Å². The summed E-state index contributed by atoms with van der Waals surface area (Å²) in [6, 6.07) is 19.5. The van der Waals surface area contributed by atoms with E-state index >= 15 is 0 Å². The third-order valence-corrected chi connectivity index (χ3v) is 5.29. The average molecular weight is 414 g/mol. The van der Waals surface area contributed by atoms with Crippen molar-refractivity contribution in [2.24, 2.45) is 0 Å². The van der Waals surface area contributed by atoms with Crippen molar-refractivity contribution >= 4 is 22.8 Å². The number of carbonyl (C=O) groups is 1. The number of pyridine rings is 1. The largest absolute Gasteiger partial charge is 0.331 e. The molecule has 0 saturated carbocycles. The highest BCUT2D eigenvalue weighted by Crippen LogP contribution is 2.32. The predicted octanol–water partition coefficient (Wildman–Crippen LogP) is 5.81. The maximum atomic E-state index is 12.4. The SMILES string of the molecule is C[C@@H](NC(=O)Nc1ccc(-c2cc(C(C)(C)C)nc3[nH]ncc23)cc1)c1ccccc1. The number of nitrogens with zero attached hydrogens (tertiary/aromatic N) is 2. The Hall–Kier alpha value is -3.67. The fourth-order valence-corrected chi connectivity index (χ4v) is 3.47. The van der Waals surface area contributed by atoms with Gasteiger partial charge >= 0.3 is 6.03 Å². The summed E-state index contributed by atoms with van der Waals surface area (Å²) in [4.78, 5) is 17.1. The van der Waals surface area contributed by atoms with Crippen molar-refractivity contribution in [3.05, 3.63) is 78.1 Å². The Morgan fingerprint density at radius 1 is 1.03 bits per heavy atom. The first-order valence-corrected chi connectivity index (χ1v) is 10.4. The fraction of sp³-hybridized carbons (Fsp3) is 0.240. The molecule has 4 aromatic rings. The van der Waals surface area contributed by atoms with E-state index in [1.807, 2.05) is 61.5 Å². The molecule has 0 aliphatic rings. The standard InChI is InChI=1S/C25H27N5O/c1-16(17-8-6-5-7-9-17)27-24(31)28-19-12-10-18(11-13-19)20-14-22(25(2,3)4)29-23-21(20)15-26-30-23/h5-16H,1-4H3,(H,26,29,30)(H2,27,28,31)/t16-/m1/s1. The van der Waals surface area contributed by atoms with E-state index in [1.165, 1.54) is 0 Å². The van der Waals surface area contributed by atoms with Gasteiger partial charge in [0.05, 0.1) is 12.2 Å². The van der Waals surface area contributed by atoms with Gasteiger partial charge in [-0.05, 0) is 41.8 Å². The number of anilines is 1. The van der Waals surface area contributed by atoms with E-state index < -0.39 is 0 Å². The molecule has 0 aliphatic carbocycles. The van der Waals surface area contributed by atoms with E-state index in [9.17, 15) is 4.79 Å². The normalized spacial score (nSPS) is 12.5. The number of H-pyrrole nitrogens is 1. The number of aromatic amines is 1. The summed E-state index contributed by atoms with van der Waals surface area (Å²) in [6.45, 7) is 8.39. The van der Waals surface area contributed by atoms with Crippen LogP contribution >= 0.6 is 0 Å². The minimum Gasteiger partial charge on any atom is -0.331 e. The first-order valence-electron chi connectivity index (χ1n) is 10.4. The average Bonchev–Trinajstić information content (AvgIpc) is 3.22. The van der Waals surface area contributed by atoms with Crippen LogP contribution < -0.4 is 10.6 Å². The lowest BCUT2D eigenvalue weighted by molar-refractivity contribution is 0.249. The monoisotopic (exact) mass is 413 g/mol. The number of amides is 2. The lowest BCUT2D eigenvalue weighted by Crippen LogP contribution is -2.31. The van der Waals surface area contributed by atoms with Crippen molar-refractivity contribution in [2.45, 2.75) is 39.2 Å². The van der Waals surface area contributed by atoms with Crippen molar-refractivity contribution < 1.29 is 4.79 Å². The fourth-order valence-electron chi connectivity index (χ4n) is 3.47. The van der Waals surface area contributed by atoms with Crippen molar-refractivity contribution in [1.29, 1.82) is 0 Å². The molecular formula is C25H27N5O. The van der Waals surface area contributed by atoms with Gasteiger partial charge in [-0.25, -0.2) is 9.78 Å². The molecule has 1 atom stereocenters. The molecule has 3 N–H and O–H groups in total. The number of carbonyl (C=O) groups excluding carboxylic acids is 1. The highest BCUT2D eigenvalue weighted by molar-refractivity contribution is 5.94. The Balaban J connectivity index is 1.52. The van der Waals surface area contributed by atoms with Gasteiger partial charge in [0.15, 0.2) is 5.65 Å². The third kappa shape index (κ3) is 4.58. The summed E-state index contributed by atoms with van der Waals surface area (Å²) in [5.74, 6) is 0. The minimum absolute atomic E-state index is 0.0803. The summed E-state index contributed by atoms with van der Waals surface area (Å²) >= 11 is 0. The maximum Gasteiger partial charge on any atom is 0.319 e. The van der Waals surface area contributed by atoms with Crippen LogP contribution in [0.25, 0.3) is 22.2 Å². The first-order chi connectivity index (χ1) is 14.8. The first kappa shape index (κ1) is 20.6. The van der Waals surface area contributed by atoms with Crippen LogP contribution in [0, 0.1) is 0 Å². The highest BCUT2D eigenvalue weighted by Gasteiger charge is 2.19. The molecular weight excluding hydrogens is 386 g/mol. The van der Waals surface area contributed by atoms with E-state index in [4.69, 9.17) is 4.98 Å². The molecule has 0 spiro atoms. The Morgan fingerprint density at radius 3 is 2.42 bits per heavy atom. The summed E-state index contributed by atoms with van der Waals surface area (Å²) < 4.78 is 0. The molecule has 4 rings (SSSR count). The molecule has 31 heavy (non-hydrogen) atoms. The second kappa shape index (κ2) is 8.22. The second-order valence-corrected chi connectivity index (χ2v) is 8.75. The van der Waals surface area contributed by atoms with Crippen molar-refractivity contribution in [3.8, 4) is 11.1 Å². The number of rotatable bonds is 4. The summed E-state index contributed by atoms with van der Waals surface area (Å²) in [5, 5.41) is 14.0. The number of benzene rings is 2. The van der Waals surface area contributed by atoms with Crippen LogP contribution in [0.3, 0.4) is 0 Å². The van der Waals surface area contributed by atoms with Crippen LogP contribution in [0.5, 0.6) is 0 Å². The Kier molecular flexibility index (Phi) is 5.46. The van der Waals surface area contributed by atoms with Crippen LogP contribution in [0.4, 0.5) is 10.5 Å². The Morgan fingerprint density at radius 2 is 1.74 bits per heavy atom. The molecule has 2 aromatic carbocycles. The molecule has 158 valence electrons. The van der Waals surface area contributed by atoms with Gasteiger partial charge in [-0.3, -0.25) is 5.10 Å². The smallest absolute Gasteiger partial charge is 0.319 e. The van der Waals surface area contributed by atoms with Gasteiger partial charge in [-0.15, -0.1) is 0 Å². The molecule has 0 saturated heterocycles. The molecule has 0 radical (unpaired) electrons. The Bertz CT molecular complexity index is 1190. The lowest BCUT2D eigenvalue weighted by atomic mass is 9.89. The Labute approximate surface area is 182 Å². The number of nitrogens with one attached hydrogen (secondary N) is 3. The zero-order valence-electron chi connectivity index (χ0n) is 18.2. The van der Waals surface area contributed by atoms with Gasteiger partial charge in [0.25, 0.3) is 0 Å². The molecule has 2 aromatic heterocycles. The minimum atomic E-state index is -0.236. The van der Waals surface area contributed by atoms with Gasteiger partial charge in [0.2, 0.25) is 0 Å². The summed E-state index contributed by atoms with van der Waals surface area (Å²) in [5.41, 5.74) is 5.60. The van der Waals surface area contributed by atoms with Crippen LogP contribution in [0.15, 0.2) is 66.9 Å². The molecule has 0 bridgehead atoms. The van der Waals surface area contributed by atoms with Gasteiger partial charge < -0.3 is 10.6 Å². The van der Waals surface area contributed by atoms with E-state index in [0.717, 1.165) is 39.1 Å². The quantitative estimate of drug-likeness (QED) is 0.395. The molecule has 0 fully saturated rings. The number of hydrogen-bond donors (Lipinski definition) is 3. The predicted molar refractivity (Wildman–Crippen MR) is 125 cm³/mol. The van der Waals surface area contributed by atoms with E-state index in [2.05, 4.69) is 47.7 Å². The molecule has 2 heterocycles. The van der Waals surface area contributed by atoms with Crippen LogP contribution in [0.1, 0.15) is 45.0 Å². The number of hydrogen-bond acceptors (Lipinski definition) is 3. The van der Waals surface area contributed by atoms with Crippen LogP contribution in [-0.4, -0.2) is 21.2 Å². The zero-order chi connectivity index (χ0) is 22.0. The lowest BCUT2D eigenvalue weighted by Gasteiger charge is -2.19. The molecule has 6 nitrogen and oxygen atoms in total. The number of fused-ring (bicyclic) bond motifs is 1. The van der Waals surface area contributed by atoms with Crippen molar-refractivity contribution in [1.82, 2.24) is 20.5 Å². The molecule has 0 aliphatic heterocycles. The zero-order valence-corrected chi connectivity index (χ0v) is 18.2. The van der Waals surface area contributed by atoms with Gasteiger partial charge in [-0.1, -0.05) is 63.2 Å². The molecule has 0 unspecified atom stereocenters.